The molecule has 0 radical (unpaired) electrons. The highest BCUT2D eigenvalue weighted by Crippen LogP contribution is 2.48. The van der Waals surface area contributed by atoms with E-state index < -0.39 is 28.6 Å². The van der Waals surface area contributed by atoms with Crippen LogP contribution < -0.4 is 24.3 Å². The van der Waals surface area contributed by atoms with Gasteiger partial charge in [0.25, 0.3) is 21.9 Å². The standard InChI is InChI=1S/C38H54N3O10PS/c1-5-6-17-52(44,19-10-16-51-35-24-29-28(23-33(35)49-4)38(43)40-13-7-11-30(40)25(2)39-29)18-9-15-50-34-20-26-21-36(53(45,46)47)31-12-8-14-41(31)37(42)27(26)22-32(34)48-3/h20,22-25,30-31,36,39H,5-19,21H2,1-4H3,(H,45,46,47)/t25?,30-,31-,36?,52?/m0/s1. The fourth-order valence-corrected chi connectivity index (χ4v) is 12.6. The van der Waals surface area contributed by atoms with E-state index in [-0.39, 0.29) is 36.9 Å². The lowest BCUT2D eigenvalue weighted by Crippen LogP contribution is -2.44. The molecule has 2 fully saturated rings. The molecule has 15 heteroatoms. The molecule has 4 heterocycles. The Morgan fingerprint density at radius 1 is 0.811 bits per heavy atom. The van der Waals surface area contributed by atoms with Crippen LogP contribution >= 0.6 is 7.14 Å². The molecule has 2 amide bonds. The molecule has 13 nitrogen and oxygen atoms in total. The average molecular weight is 776 g/mol. The smallest absolute Gasteiger partial charge is 0.270 e. The molecule has 2 aromatic rings. The number of ether oxygens (including phenoxy) is 4. The fraction of sp³-hybridized carbons (Fsp3) is 0.632. The van der Waals surface area contributed by atoms with E-state index in [4.69, 9.17) is 18.9 Å². The second-order valence-electron chi connectivity index (χ2n) is 14.8. The third kappa shape index (κ3) is 8.44. The van der Waals surface area contributed by atoms with Crippen LogP contribution in [0.1, 0.15) is 91.5 Å². The van der Waals surface area contributed by atoms with Crippen molar-refractivity contribution in [1.82, 2.24) is 9.80 Å². The number of rotatable bonds is 16. The van der Waals surface area contributed by atoms with Gasteiger partial charge in [-0.25, -0.2) is 0 Å². The SMILES string of the molecule is CCCCP(=O)(CCCOc1cc2c(cc1OC)C(=O)N1CCC[C@H]1C(S(=O)(=O)O)C2)CCCOc1cc2c(cc1OC)C(=O)N1CCC[C@H]1C(C)N2. The summed E-state index contributed by atoms with van der Waals surface area (Å²) in [4.78, 5) is 30.4. The van der Waals surface area contributed by atoms with E-state index in [9.17, 15) is 27.1 Å². The van der Waals surface area contributed by atoms with Crippen molar-refractivity contribution in [2.24, 2.45) is 0 Å². The number of anilines is 1. The van der Waals surface area contributed by atoms with Crippen molar-refractivity contribution in [3.05, 3.63) is 41.0 Å². The van der Waals surface area contributed by atoms with E-state index in [0.29, 0.717) is 97.0 Å². The Morgan fingerprint density at radius 3 is 1.96 bits per heavy atom. The summed E-state index contributed by atoms with van der Waals surface area (Å²) in [7, 11) is -3.94. The van der Waals surface area contributed by atoms with Gasteiger partial charge in [0.15, 0.2) is 23.0 Å². The number of fused-ring (bicyclic) bond motifs is 4. The predicted molar refractivity (Wildman–Crippen MR) is 204 cm³/mol. The number of benzene rings is 2. The Labute approximate surface area is 313 Å². The summed E-state index contributed by atoms with van der Waals surface area (Å²) in [6.07, 6.45) is 7.68. The molecular weight excluding hydrogens is 721 g/mol. The molecule has 0 aliphatic carbocycles. The van der Waals surface area contributed by atoms with Crippen LogP contribution in [0.5, 0.6) is 23.0 Å². The molecule has 2 saturated heterocycles. The molecule has 0 aromatic heterocycles. The second kappa shape index (κ2) is 16.5. The first-order valence-corrected chi connectivity index (χ1v) is 22.7. The third-order valence-corrected chi connectivity index (χ3v) is 16.0. The van der Waals surface area contributed by atoms with E-state index >= 15 is 0 Å². The van der Waals surface area contributed by atoms with Crippen molar-refractivity contribution in [3.63, 3.8) is 0 Å². The lowest BCUT2D eigenvalue weighted by Gasteiger charge is -2.26. The lowest BCUT2D eigenvalue weighted by molar-refractivity contribution is 0.0729. The van der Waals surface area contributed by atoms with Crippen molar-refractivity contribution in [3.8, 4) is 23.0 Å². The second-order valence-corrected chi connectivity index (χ2v) is 19.9. The van der Waals surface area contributed by atoms with Crippen LogP contribution in [0.3, 0.4) is 0 Å². The summed E-state index contributed by atoms with van der Waals surface area (Å²) < 4.78 is 72.6. The molecule has 4 aliphatic rings. The molecule has 4 aliphatic heterocycles. The molecule has 0 saturated carbocycles. The zero-order chi connectivity index (χ0) is 37.9. The van der Waals surface area contributed by atoms with Gasteiger partial charge in [-0.15, -0.1) is 0 Å². The first kappa shape index (κ1) is 39.2. The zero-order valence-corrected chi connectivity index (χ0v) is 33.0. The Kier molecular flexibility index (Phi) is 12.2. The Morgan fingerprint density at radius 2 is 1.36 bits per heavy atom. The number of hydrogen-bond acceptors (Lipinski definition) is 10. The number of methoxy groups -OCH3 is 2. The summed E-state index contributed by atoms with van der Waals surface area (Å²) in [5.41, 5.74) is 2.15. The minimum atomic E-state index is -4.41. The quantitative estimate of drug-likeness (QED) is 0.118. The van der Waals surface area contributed by atoms with Gasteiger partial charge in [0.1, 0.15) is 5.25 Å². The number of nitrogens with zero attached hydrogens (tertiary/aromatic N) is 2. The average Bonchev–Trinajstić information content (AvgIpc) is 3.79. The highest BCUT2D eigenvalue weighted by molar-refractivity contribution is 7.86. The number of nitrogens with one attached hydrogen (secondary N) is 1. The minimum absolute atomic E-state index is 0.00624. The topological polar surface area (TPSA) is 161 Å². The Bertz CT molecular complexity index is 1840. The van der Waals surface area contributed by atoms with Gasteiger partial charge in [-0.2, -0.15) is 8.42 Å². The Hall–Kier alpha value is -3.48. The van der Waals surface area contributed by atoms with Crippen LogP contribution in [0.25, 0.3) is 0 Å². The summed E-state index contributed by atoms with van der Waals surface area (Å²) in [5, 5.41) is 2.40. The van der Waals surface area contributed by atoms with Crippen molar-refractivity contribution in [2.45, 2.75) is 95.0 Å². The van der Waals surface area contributed by atoms with Crippen molar-refractivity contribution in [2.75, 3.05) is 64.3 Å². The van der Waals surface area contributed by atoms with Gasteiger partial charge in [0.2, 0.25) is 0 Å². The normalized spacial score (nSPS) is 23.5. The molecule has 53 heavy (non-hydrogen) atoms. The molecular formula is C38H54N3O10PS. The van der Waals surface area contributed by atoms with Crippen LogP contribution in [0.2, 0.25) is 0 Å². The van der Waals surface area contributed by atoms with Gasteiger partial charge in [-0.05, 0) is 82.1 Å². The summed E-state index contributed by atoms with van der Waals surface area (Å²) in [6.45, 7) is 5.96. The molecule has 2 N–H and O–H groups in total. The molecule has 0 bridgehead atoms. The van der Waals surface area contributed by atoms with Gasteiger partial charge in [0.05, 0.1) is 57.9 Å². The number of hydrogen-bond donors (Lipinski definition) is 2. The van der Waals surface area contributed by atoms with Crippen molar-refractivity contribution >= 4 is 34.8 Å². The highest BCUT2D eigenvalue weighted by atomic mass is 32.2. The van der Waals surface area contributed by atoms with Gasteiger partial charge >= 0.3 is 0 Å². The van der Waals surface area contributed by atoms with E-state index in [1.54, 1.807) is 30.2 Å². The van der Waals surface area contributed by atoms with Crippen molar-refractivity contribution in [1.29, 1.82) is 0 Å². The first-order chi connectivity index (χ1) is 25.4. The molecule has 292 valence electrons. The predicted octanol–water partition coefficient (Wildman–Crippen LogP) is 5.94. The minimum Gasteiger partial charge on any atom is -0.493 e. The maximum absolute atomic E-state index is 14.2. The molecule has 2 aromatic carbocycles. The van der Waals surface area contributed by atoms with Crippen LogP contribution in [-0.2, 0) is 21.1 Å². The number of carbonyl (C=O) groups excluding carboxylic acids is 2. The van der Waals surface area contributed by atoms with E-state index in [1.165, 1.54) is 7.11 Å². The van der Waals surface area contributed by atoms with Gasteiger partial charge in [0, 0.05) is 49.2 Å². The monoisotopic (exact) mass is 775 g/mol. The fourth-order valence-electron chi connectivity index (χ4n) is 8.53. The lowest BCUT2D eigenvalue weighted by atomic mass is 10.00. The maximum Gasteiger partial charge on any atom is 0.270 e. The molecule has 6 rings (SSSR count). The van der Waals surface area contributed by atoms with E-state index in [2.05, 4.69) is 19.2 Å². The Balaban J connectivity index is 1.07. The van der Waals surface area contributed by atoms with Crippen molar-refractivity contribution < 1.29 is 46.1 Å². The number of unbranched alkanes of at least 4 members (excludes halogenated alkanes) is 1. The molecule has 3 unspecified atom stereocenters. The first-order valence-electron chi connectivity index (χ1n) is 19.0. The highest BCUT2D eigenvalue weighted by Gasteiger charge is 2.45. The number of carbonyl (C=O) groups is 2. The van der Waals surface area contributed by atoms with E-state index in [1.807, 2.05) is 11.0 Å². The van der Waals surface area contributed by atoms with Gasteiger partial charge in [-0.1, -0.05) is 13.3 Å². The third-order valence-electron chi connectivity index (χ3n) is 11.3. The maximum atomic E-state index is 14.2. The molecule has 0 spiro atoms. The molecule has 5 atom stereocenters. The zero-order valence-electron chi connectivity index (χ0n) is 31.3. The number of amides is 2. The largest absolute Gasteiger partial charge is 0.493 e. The van der Waals surface area contributed by atoms with Crippen LogP contribution in [0, 0.1) is 0 Å². The summed E-state index contributed by atoms with van der Waals surface area (Å²) in [6, 6.07) is 6.52. The summed E-state index contributed by atoms with van der Waals surface area (Å²) in [5.74, 6) is 1.48. The van der Waals surface area contributed by atoms with Gasteiger partial charge in [-0.3, -0.25) is 14.1 Å². The van der Waals surface area contributed by atoms with Gasteiger partial charge < -0.3 is 38.6 Å². The summed E-state index contributed by atoms with van der Waals surface area (Å²) >= 11 is 0. The van der Waals surface area contributed by atoms with Crippen LogP contribution in [0.15, 0.2) is 24.3 Å². The van der Waals surface area contributed by atoms with Crippen LogP contribution in [-0.4, -0.2) is 117 Å². The van der Waals surface area contributed by atoms with Crippen LogP contribution in [0.4, 0.5) is 5.69 Å². The van der Waals surface area contributed by atoms with E-state index in [0.717, 1.165) is 37.9 Å².